The zero-order valence-corrected chi connectivity index (χ0v) is 17.7. The Bertz CT molecular complexity index is 827. The van der Waals surface area contributed by atoms with Crippen molar-refractivity contribution >= 4 is 28.6 Å². The number of esters is 1. The predicted molar refractivity (Wildman–Crippen MR) is 114 cm³/mol. The van der Waals surface area contributed by atoms with E-state index in [9.17, 15) is 13.6 Å². The molecule has 2 atom stereocenters. The fraction of sp³-hybridized carbons (Fsp3) is 0.381. The summed E-state index contributed by atoms with van der Waals surface area (Å²) in [7, 11) is 0. The van der Waals surface area contributed by atoms with Crippen LogP contribution in [-0.4, -0.2) is 26.4 Å². The fourth-order valence-electron chi connectivity index (χ4n) is 2.83. The second kappa shape index (κ2) is 8.75. The van der Waals surface area contributed by atoms with E-state index in [1.807, 2.05) is 50.2 Å². The van der Waals surface area contributed by atoms with Gasteiger partial charge in [-0.25, -0.2) is 9.00 Å². The minimum absolute atomic E-state index is 0.234. The second-order valence-electron chi connectivity index (χ2n) is 7.95. The van der Waals surface area contributed by atoms with Crippen LogP contribution in [0.4, 0.5) is 11.4 Å². The van der Waals surface area contributed by atoms with Gasteiger partial charge in [-0.15, -0.1) is 0 Å². The fourth-order valence-corrected chi connectivity index (χ4v) is 3.65. The van der Waals surface area contributed by atoms with Gasteiger partial charge in [-0.05, 0) is 62.1 Å². The summed E-state index contributed by atoms with van der Waals surface area (Å²) in [6.45, 7) is 8.94. The number of hydrogen-bond donors (Lipinski definition) is 2. The first kappa shape index (κ1) is 21.9. The highest BCUT2D eigenvalue weighted by molar-refractivity contribution is 7.80. The molecule has 2 unspecified atom stereocenters. The van der Waals surface area contributed by atoms with Gasteiger partial charge in [-0.1, -0.05) is 38.1 Å². The molecule has 3 N–H and O–H groups in total. The summed E-state index contributed by atoms with van der Waals surface area (Å²) in [5.74, 6) is -0.768. The normalized spacial score (nSPS) is 13.8. The summed E-state index contributed by atoms with van der Waals surface area (Å²) >= 11 is -2.39. The number of nitrogens with zero attached hydrogens (tertiary/aromatic N) is 1. The molecule has 0 spiro atoms. The number of ether oxygens (including phenoxy) is 1. The summed E-state index contributed by atoms with van der Waals surface area (Å²) in [6, 6.07) is 13.7. The third-order valence-electron chi connectivity index (χ3n) is 4.07. The van der Waals surface area contributed by atoms with Gasteiger partial charge in [0.2, 0.25) is 0 Å². The van der Waals surface area contributed by atoms with Gasteiger partial charge in [0.25, 0.3) is 11.3 Å². The van der Waals surface area contributed by atoms with Gasteiger partial charge in [-0.2, -0.15) is 0 Å². The Kier molecular flexibility index (Phi) is 6.85. The Labute approximate surface area is 169 Å². The molecule has 6 nitrogen and oxygen atoms in total. The molecule has 0 aromatic heterocycles. The summed E-state index contributed by atoms with van der Waals surface area (Å²) in [5.41, 5.74) is 8.09. The molecule has 0 saturated carbocycles. The highest BCUT2D eigenvalue weighted by Gasteiger charge is 2.36. The number of benzene rings is 2. The number of carbonyl (C=O) groups is 1. The van der Waals surface area contributed by atoms with E-state index in [0.717, 1.165) is 11.1 Å². The van der Waals surface area contributed by atoms with Gasteiger partial charge in [0.05, 0.1) is 5.69 Å². The molecule has 152 valence electrons. The Morgan fingerprint density at radius 1 is 1.04 bits per heavy atom. The van der Waals surface area contributed by atoms with Gasteiger partial charge in [-0.3, -0.25) is 8.86 Å². The van der Waals surface area contributed by atoms with Crippen molar-refractivity contribution in [3.63, 3.8) is 0 Å². The molecule has 0 heterocycles. The minimum atomic E-state index is -2.39. The van der Waals surface area contributed by atoms with Crippen LogP contribution in [0, 0.1) is 5.92 Å². The number of carbonyl (C=O) groups excluding carboxylic acids is 1. The molecule has 0 aliphatic carbocycles. The summed E-state index contributed by atoms with van der Waals surface area (Å²) in [5, 5.41) is 0. The van der Waals surface area contributed by atoms with Crippen LogP contribution >= 0.6 is 0 Å². The smallest absolute Gasteiger partial charge is 0.330 e. The van der Waals surface area contributed by atoms with Gasteiger partial charge >= 0.3 is 5.97 Å². The van der Waals surface area contributed by atoms with E-state index in [4.69, 9.17) is 10.5 Å². The lowest BCUT2D eigenvalue weighted by molar-refractivity contribution is -0.157. The topological polar surface area (TPSA) is 92.9 Å². The lowest BCUT2D eigenvalue weighted by atomic mass is 10.0. The Balaban J connectivity index is 2.37. The second-order valence-corrected chi connectivity index (χ2v) is 8.80. The molecule has 2 aromatic carbocycles. The van der Waals surface area contributed by atoms with Crippen LogP contribution in [0.25, 0.3) is 11.1 Å². The highest BCUT2D eigenvalue weighted by atomic mass is 32.2. The van der Waals surface area contributed by atoms with Crippen molar-refractivity contribution in [2.75, 3.05) is 10.0 Å². The summed E-state index contributed by atoms with van der Waals surface area (Å²) < 4.78 is 28.7. The molecule has 0 saturated heterocycles. The predicted octanol–water partition coefficient (Wildman–Crippen LogP) is 4.25. The standard InChI is InChI=1S/C21H28N2O4S/c1-14(2)19(20(24)27-21(3,4)5)23(28(25)26)18-12-8-16(9-13-18)15-6-10-17(22)11-7-15/h6-14,19H,22H2,1-5H3,(H,25,26). The molecule has 0 aliphatic heterocycles. The van der Waals surface area contributed by atoms with Gasteiger partial charge < -0.3 is 10.5 Å². The maximum absolute atomic E-state index is 12.7. The van der Waals surface area contributed by atoms with E-state index in [0.29, 0.717) is 11.4 Å². The molecule has 0 radical (unpaired) electrons. The van der Waals surface area contributed by atoms with Gasteiger partial charge in [0, 0.05) is 5.69 Å². The molecule has 0 bridgehead atoms. The number of anilines is 2. The maximum Gasteiger partial charge on any atom is 0.330 e. The van der Waals surface area contributed by atoms with E-state index in [-0.39, 0.29) is 5.92 Å². The Hall–Kier alpha value is -2.38. The van der Waals surface area contributed by atoms with Crippen LogP contribution in [-0.2, 0) is 20.8 Å². The molecule has 7 heteroatoms. The molecule has 2 aromatic rings. The zero-order valence-electron chi connectivity index (χ0n) is 16.9. The molecular weight excluding hydrogens is 376 g/mol. The third kappa shape index (κ3) is 5.56. The van der Waals surface area contributed by atoms with Crippen molar-refractivity contribution in [1.82, 2.24) is 0 Å². The summed E-state index contributed by atoms with van der Waals surface area (Å²) in [6.07, 6.45) is 0. The van der Waals surface area contributed by atoms with Crippen LogP contribution in [0.5, 0.6) is 0 Å². The average molecular weight is 405 g/mol. The minimum Gasteiger partial charge on any atom is -0.458 e. The monoisotopic (exact) mass is 404 g/mol. The Morgan fingerprint density at radius 3 is 1.89 bits per heavy atom. The van der Waals surface area contributed by atoms with Gasteiger partial charge in [0.1, 0.15) is 11.6 Å². The first-order valence-corrected chi connectivity index (χ1v) is 10.1. The van der Waals surface area contributed by atoms with Crippen LogP contribution in [0.3, 0.4) is 0 Å². The first-order chi connectivity index (χ1) is 13.0. The van der Waals surface area contributed by atoms with Gasteiger partial charge in [0.15, 0.2) is 0 Å². The van der Waals surface area contributed by atoms with Crippen molar-refractivity contribution in [3.8, 4) is 11.1 Å². The molecule has 2 rings (SSSR count). The molecule has 0 amide bonds. The van der Waals surface area contributed by atoms with Crippen molar-refractivity contribution in [2.45, 2.75) is 46.3 Å². The van der Waals surface area contributed by atoms with Crippen molar-refractivity contribution < 1.29 is 18.3 Å². The van der Waals surface area contributed by atoms with Crippen LogP contribution in [0.1, 0.15) is 34.6 Å². The average Bonchev–Trinajstić information content (AvgIpc) is 2.58. The van der Waals surface area contributed by atoms with E-state index in [2.05, 4.69) is 0 Å². The van der Waals surface area contributed by atoms with Crippen molar-refractivity contribution in [1.29, 1.82) is 0 Å². The van der Waals surface area contributed by atoms with E-state index < -0.39 is 28.9 Å². The van der Waals surface area contributed by atoms with Crippen molar-refractivity contribution in [3.05, 3.63) is 48.5 Å². The third-order valence-corrected chi connectivity index (χ3v) is 4.84. The largest absolute Gasteiger partial charge is 0.458 e. The number of rotatable bonds is 6. The maximum atomic E-state index is 12.7. The van der Waals surface area contributed by atoms with Crippen LogP contribution in [0.15, 0.2) is 48.5 Å². The molecule has 0 fully saturated rings. The van der Waals surface area contributed by atoms with Crippen LogP contribution in [0.2, 0.25) is 0 Å². The number of nitrogens with two attached hydrogens (primary N) is 1. The number of nitrogen functional groups attached to an aromatic ring is 1. The van der Waals surface area contributed by atoms with Crippen LogP contribution < -0.4 is 10.0 Å². The van der Waals surface area contributed by atoms with E-state index in [1.165, 1.54) is 4.31 Å². The molecule has 0 aliphatic rings. The molecule has 28 heavy (non-hydrogen) atoms. The zero-order chi connectivity index (χ0) is 21.1. The lowest BCUT2D eigenvalue weighted by Crippen LogP contribution is -2.48. The summed E-state index contributed by atoms with van der Waals surface area (Å²) in [4.78, 5) is 12.7. The number of hydrogen-bond acceptors (Lipinski definition) is 4. The first-order valence-electron chi connectivity index (χ1n) is 9.08. The van der Waals surface area contributed by atoms with E-state index >= 15 is 0 Å². The lowest BCUT2D eigenvalue weighted by Gasteiger charge is -2.33. The van der Waals surface area contributed by atoms with Crippen molar-refractivity contribution in [2.24, 2.45) is 5.92 Å². The quantitative estimate of drug-likeness (QED) is 0.427. The molecular formula is C21H28N2O4S. The van der Waals surface area contributed by atoms with E-state index in [1.54, 1.807) is 32.9 Å². The highest BCUT2D eigenvalue weighted by Crippen LogP contribution is 2.28. The SMILES string of the molecule is CC(C)C(C(=O)OC(C)(C)C)N(c1ccc(-c2ccc(N)cc2)cc1)S(=O)O. The Morgan fingerprint density at radius 2 is 1.50 bits per heavy atom.